The fourth-order valence-corrected chi connectivity index (χ4v) is 3.28. The average Bonchev–Trinajstić information content (AvgIpc) is 2.56. The third kappa shape index (κ3) is 5.62. The normalized spacial score (nSPS) is 30.3. The number of aliphatic carboxylic acids is 2. The van der Waals surface area contributed by atoms with Crippen LogP contribution in [-0.4, -0.2) is 68.3 Å². The van der Waals surface area contributed by atoms with Crippen LogP contribution in [0.15, 0.2) is 12.3 Å². The minimum absolute atomic E-state index is 0.0205. The summed E-state index contributed by atoms with van der Waals surface area (Å²) in [6.07, 6.45) is 3.61. The first-order chi connectivity index (χ1) is 12.7. The minimum Gasteiger partial charge on any atom is -0.481 e. The maximum atomic E-state index is 11.3. The highest BCUT2D eigenvalue weighted by molar-refractivity contribution is 5.75. The molecule has 0 radical (unpaired) electrons. The van der Waals surface area contributed by atoms with Gasteiger partial charge in [-0.3, -0.25) is 9.59 Å². The first-order valence-electron chi connectivity index (χ1n) is 9.59. The van der Waals surface area contributed by atoms with Gasteiger partial charge in [-0.1, -0.05) is 19.9 Å². The number of allylic oxidation sites excluding steroid dienone is 1. The van der Waals surface area contributed by atoms with Crippen LogP contribution in [0.5, 0.6) is 0 Å². The molecule has 0 aromatic rings. The van der Waals surface area contributed by atoms with E-state index in [4.69, 9.17) is 10.2 Å². The molecular weight excluding hydrogens is 364 g/mol. The van der Waals surface area contributed by atoms with Crippen molar-refractivity contribution in [2.24, 2.45) is 23.2 Å². The molecule has 2 aliphatic rings. The molecule has 1 saturated heterocycles. The van der Waals surface area contributed by atoms with Crippen LogP contribution in [0.4, 0.5) is 4.79 Å². The van der Waals surface area contributed by atoms with E-state index in [1.54, 1.807) is 0 Å². The summed E-state index contributed by atoms with van der Waals surface area (Å²) in [5, 5.41) is 26.7. The van der Waals surface area contributed by atoms with E-state index < -0.39 is 29.4 Å². The van der Waals surface area contributed by atoms with Crippen LogP contribution in [0.2, 0.25) is 0 Å². The Labute approximate surface area is 166 Å². The number of carboxylic acids is 2. The quantitative estimate of drug-likeness (QED) is 0.654. The minimum atomic E-state index is -1.03. The van der Waals surface area contributed by atoms with Gasteiger partial charge in [-0.05, 0) is 52.2 Å². The summed E-state index contributed by atoms with van der Waals surface area (Å²) >= 11 is 0. The lowest BCUT2D eigenvalue weighted by Crippen LogP contribution is -2.51. The number of hydrogen-bond donors (Lipinski definition) is 3. The van der Waals surface area contributed by atoms with Crippen LogP contribution in [0, 0.1) is 23.2 Å². The lowest BCUT2D eigenvalue weighted by molar-refractivity contribution is -0.152. The maximum Gasteiger partial charge on any atom is 0.407 e. The van der Waals surface area contributed by atoms with Gasteiger partial charge in [0.1, 0.15) is 0 Å². The summed E-state index contributed by atoms with van der Waals surface area (Å²) in [5.74, 6) is -2.03. The van der Waals surface area contributed by atoms with Crippen molar-refractivity contribution in [1.29, 1.82) is 0 Å². The monoisotopic (exact) mass is 398 g/mol. The zero-order valence-electron chi connectivity index (χ0n) is 17.7. The van der Waals surface area contributed by atoms with Gasteiger partial charge in [-0.15, -0.1) is 0 Å². The van der Waals surface area contributed by atoms with E-state index >= 15 is 0 Å². The molecule has 28 heavy (non-hydrogen) atoms. The van der Waals surface area contributed by atoms with Crippen molar-refractivity contribution in [3.63, 3.8) is 0 Å². The SMILES string of the molecule is CC1C=CN(C(C)(C)C)CC1(C)C(=O)O.CC1CCN(C(=O)O)CC1C(=O)O. The fourth-order valence-electron chi connectivity index (χ4n) is 3.28. The number of piperidine rings is 1. The van der Waals surface area contributed by atoms with E-state index in [-0.39, 0.29) is 23.9 Å². The lowest BCUT2D eigenvalue weighted by atomic mass is 9.75. The Morgan fingerprint density at radius 1 is 1.11 bits per heavy atom. The molecule has 160 valence electrons. The number of amides is 1. The predicted molar refractivity (Wildman–Crippen MR) is 105 cm³/mol. The molecule has 8 heteroatoms. The van der Waals surface area contributed by atoms with Gasteiger partial charge in [0.15, 0.2) is 0 Å². The number of hydrogen-bond acceptors (Lipinski definition) is 4. The molecule has 2 heterocycles. The van der Waals surface area contributed by atoms with Crippen LogP contribution in [0.25, 0.3) is 0 Å². The van der Waals surface area contributed by atoms with E-state index in [2.05, 4.69) is 25.7 Å². The summed E-state index contributed by atoms with van der Waals surface area (Å²) in [6, 6.07) is 0. The molecule has 8 nitrogen and oxygen atoms in total. The van der Waals surface area contributed by atoms with Crippen molar-refractivity contribution in [3.8, 4) is 0 Å². The highest BCUT2D eigenvalue weighted by Gasteiger charge is 2.43. The van der Waals surface area contributed by atoms with Gasteiger partial charge >= 0.3 is 18.0 Å². The Hall–Kier alpha value is -2.25. The van der Waals surface area contributed by atoms with Crippen molar-refractivity contribution in [2.45, 2.75) is 53.5 Å². The van der Waals surface area contributed by atoms with Gasteiger partial charge in [0.25, 0.3) is 0 Å². The maximum absolute atomic E-state index is 11.3. The van der Waals surface area contributed by atoms with Crippen molar-refractivity contribution in [1.82, 2.24) is 9.80 Å². The number of nitrogens with zero attached hydrogens (tertiary/aromatic N) is 2. The van der Waals surface area contributed by atoms with Crippen LogP contribution in [0.3, 0.4) is 0 Å². The zero-order valence-corrected chi connectivity index (χ0v) is 17.7. The molecule has 0 bridgehead atoms. The zero-order chi connectivity index (χ0) is 21.9. The van der Waals surface area contributed by atoms with Crippen molar-refractivity contribution < 1.29 is 29.7 Å². The van der Waals surface area contributed by atoms with Crippen LogP contribution >= 0.6 is 0 Å². The van der Waals surface area contributed by atoms with E-state index in [1.807, 2.05) is 33.0 Å². The van der Waals surface area contributed by atoms with Crippen molar-refractivity contribution in [2.75, 3.05) is 19.6 Å². The van der Waals surface area contributed by atoms with Gasteiger partial charge in [-0.25, -0.2) is 4.79 Å². The first kappa shape index (κ1) is 23.8. The fraction of sp³-hybridized carbons (Fsp3) is 0.750. The van der Waals surface area contributed by atoms with Crippen LogP contribution in [-0.2, 0) is 9.59 Å². The summed E-state index contributed by atoms with van der Waals surface area (Å²) in [4.78, 5) is 35.8. The second-order valence-corrected chi connectivity index (χ2v) is 9.09. The molecule has 2 rings (SSSR count). The van der Waals surface area contributed by atoms with Crippen molar-refractivity contribution >= 4 is 18.0 Å². The second kappa shape index (κ2) is 8.84. The topological polar surface area (TPSA) is 118 Å². The molecule has 4 atom stereocenters. The first-order valence-corrected chi connectivity index (χ1v) is 9.59. The standard InChI is InChI=1S/C12H21NO2.C8H13NO4/c1-9-6-7-13(11(2,3)4)8-12(9,5)10(14)15;1-5-2-3-9(8(12)13)4-6(5)7(10)11/h6-7,9H,8H2,1-5H3,(H,14,15);5-6H,2-4H2,1H3,(H,10,11)(H,12,13). The smallest absolute Gasteiger partial charge is 0.407 e. The molecule has 0 aliphatic carbocycles. The number of rotatable bonds is 2. The van der Waals surface area contributed by atoms with E-state index in [0.29, 0.717) is 19.5 Å². The highest BCUT2D eigenvalue weighted by atomic mass is 16.4. The molecule has 0 aromatic heterocycles. The Morgan fingerprint density at radius 2 is 1.68 bits per heavy atom. The molecule has 2 aliphatic heterocycles. The lowest BCUT2D eigenvalue weighted by Gasteiger charge is -2.45. The largest absolute Gasteiger partial charge is 0.481 e. The number of likely N-dealkylation sites (tertiary alicyclic amines) is 1. The van der Waals surface area contributed by atoms with Crippen LogP contribution < -0.4 is 0 Å². The molecule has 0 spiro atoms. The number of carboxylic acid groups (broad SMARTS) is 3. The van der Waals surface area contributed by atoms with Gasteiger partial charge in [0.2, 0.25) is 0 Å². The number of carbonyl (C=O) groups is 3. The van der Waals surface area contributed by atoms with E-state index in [9.17, 15) is 19.5 Å². The van der Waals surface area contributed by atoms with Gasteiger partial charge in [-0.2, -0.15) is 0 Å². The highest BCUT2D eigenvalue weighted by Crippen LogP contribution is 2.36. The molecule has 3 N–H and O–H groups in total. The van der Waals surface area contributed by atoms with Crippen LogP contribution in [0.1, 0.15) is 48.0 Å². The third-order valence-electron chi connectivity index (χ3n) is 5.95. The average molecular weight is 399 g/mol. The van der Waals surface area contributed by atoms with Gasteiger partial charge < -0.3 is 25.1 Å². The Kier molecular flexibility index (Phi) is 7.51. The molecule has 0 aromatic carbocycles. The molecule has 0 saturated carbocycles. The Bertz CT molecular complexity index is 627. The van der Waals surface area contributed by atoms with E-state index in [0.717, 1.165) is 0 Å². The summed E-state index contributed by atoms with van der Waals surface area (Å²) < 4.78 is 0. The second-order valence-electron chi connectivity index (χ2n) is 9.09. The van der Waals surface area contributed by atoms with Gasteiger partial charge in [0, 0.05) is 25.2 Å². The van der Waals surface area contributed by atoms with Gasteiger partial charge in [0.05, 0.1) is 11.3 Å². The Balaban J connectivity index is 0.000000283. The summed E-state index contributed by atoms with van der Waals surface area (Å²) in [6.45, 7) is 13.0. The summed E-state index contributed by atoms with van der Waals surface area (Å²) in [5.41, 5.74) is -0.699. The summed E-state index contributed by atoms with van der Waals surface area (Å²) in [7, 11) is 0. The van der Waals surface area contributed by atoms with Crippen molar-refractivity contribution in [3.05, 3.63) is 12.3 Å². The third-order valence-corrected chi connectivity index (χ3v) is 5.95. The molecule has 1 fully saturated rings. The molecule has 4 unspecified atom stereocenters. The molecule has 1 amide bonds. The molecular formula is C20H34N2O6. The van der Waals surface area contributed by atoms with E-state index in [1.165, 1.54) is 4.90 Å². The predicted octanol–water partition coefficient (Wildman–Crippen LogP) is 3.05. The Morgan fingerprint density at radius 3 is 2.11 bits per heavy atom.